The fourth-order valence-corrected chi connectivity index (χ4v) is 3.18. The molecule has 1 aromatic heterocycles. The van der Waals surface area contributed by atoms with E-state index in [0.717, 1.165) is 17.7 Å². The van der Waals surface area contributed by atoms with Gasteiger partial charge in [-0.15, -0.1) is 6.42 Å². The van der Waals surface area contributed by atoms with Crippen LogP contribution in [0.5, 0.6) is 0 Å². The lowest BCUT2D eigenvalue weighted by Crippen LogP contribution is -2.19. The fourth-order valence-electron chi connectivity index (χ4n) is 3.18. The number of hydrogen-bond donors (Lipinski definition) is 1. The molecule has 5 heteroatoms. The molecule has 0 aliphatic carbocycles. The second-order valence-electron chi connectivity index (χ2n) is 7.41. The van der Waals surface area contributed by atoms with Gasteiger partial charge in [-0.2, -0.15) is 5.10 Å². The van der Waals surface area contributed by atoms with Crippen LogP contribution < -0.4 is 5.69 Å². The number of hydrogen-bond acceptors (Lipinski definition) is 3. The lowest BCUT2D eigenvalue weighted by molar-refractivity contribution is 0.369. The molecule has 0 saturated carbocycles. The molecular formula is C23H26N4O. The molecule has 0 spiro atoms. The van der Waals surface area contributed by atoms with E-state index in [4.69, 9.17) is 6.42 Å². The monoisotopic (exact) mass is 374 g/mol. The minimum absolute atomic E-state index is 0.206. The average Bonchev–Trinajstić information content (AvgIpc) is 3.04. The normalized spacial score (nSPS) is 11.1. The SMILES string of the molecule is C#CCN(C)Cc1ccc(Cn2c(-c3cccc(C(C)C)c3)n[nH]c2=O)cc1. The third-order valence-corrected chi connectivity index (χ3v) is 4.75. The van der Waals surface area contributed by atoms with Crippen LogP contribution in [0.1, 0.15) is 36.5 Å². The number of benzene rings is 2. The molecule has 0 aliphatic rings. The van der Waals surface area contributed by atoms with Gasteiger partial charge in [0, 0.05) is 12.1 Å². The number of terminal acetylenes is 1. The predicted molar refractivity (Wildman–Crippen MR) is 113 cm³/mol. The molecule has 2 aromatic carbocycles. The molecule has 1 N–H and O–H groups in total. The molecule has 0 radical (unpaired) electrons. The summed E-state index contributed by atoms with van der Waals surface area (Å²) in [5, 5.41) is 6.85. The van der Waals surface area contributed by atoms with Crippen LogP contribution in [-0.2, 0) is 13.1 Å². The second-order valence-corrected chi connectivity index (χ2v) is 7.41. The van der Waals surface area contributed by atoms with Gasteiger partial charge >= 0.3 is 5.69 Å². The Hall–Kier alpha value is -3.10. The lowest BCUT2D eigenvalue weighted by atomic mass is 10.0. The Morgan fingerprint density at radius 2 is 1.89 bits per heavy atom. The Morgan fingerprint density at radius 1 is 1.18 bits per heavy atom. The first-order valence-corrected chi connectivity index (χ1v) is 9.43. The Labute approximate surface area is 166 Å². The number of H-pyrrole nitrogens is 1. The van der Waals surface area contributed by atoms with Crippen LogP contribution >= 0.6 is 0 Å². The van der Waals surface area contributed by atoms with Crippen molar-refractivity contribution in [3.05, 3.63) is 75.7 Å². The van der Waals surface area contributed by atoms with Gasteiger partial charge in [-0.1, -0.05) is 62.2 Å². The molecular weight excluding hydrogens is 348 g/mol. The van der Waals surface area contributed by atoms with Crippen LogP contribution in [-0.4, -0.2) is 33.3 Å². The topological polar surface area (TPSA) is 53.9 Å². The standard InChI is InChI=1S/C23H26N4O/c1-5-13-26(4)15-18-9-11-19(12-10-18)16-27-22(24-25-23(27)28)21-8-6-7-20(14-21)17(2)3/h1,6-12,14,17H,13,15-16H2,2-4H3,(H,25,28). The summed E-state index contributed by atoms with van der Waals surface area (Å²) in [4.78, 5) is 14.4. The molecule has 3 aromatic rings. The Bertz CT molecular complexity index is 1020. The van der Waals surface area contributed by atoms with Crippen molar-refractivity contribution in [3.63, 3.8) is 0 Å². The van der Waals surface area contributed by atoms with E-state index in [1.165, 1.54) is 11.1 Å². The maximum absolute atomic E-state index is 12.3. The average molecular weight is 374 g/mol. The zero-order valence-corrected chi connectivity index (χ0v) is 16.6. The summed E-state index contributed by atoms with van der Waals surface area (Å²) in [5.74, 6) is 3.72. The van der Waals surface area contributed by atoms with Gasteiger partial charge in [0.1, 0.15) is 0 Å². The Morgan fingerprint density at radius 3 is 2.57 bits per heavy atom. The number of nitrogens with one attached hydrogen (secondary N) is 1. The molecule has 0 bridgehead atoms. The zero-order valence-electron chi connectivity index (χ0n) is 16.6. The highest BCUT2D eigenvalue weighted by molar-refractivity contribution is 5.56. The molecule has 144 valence electrons. The van der Waals surface area contributed by atoms with E-state index < -0.39 is 0 Å². The van der Waals surface area contributed by atoms with Crippen LogP contribution in [0.4, 0.5) is 0 Å². The van der Waals surface area contributed by atoms with Gasteiger partial charge in [0.2, 0.25) is 0 Å². The Kier molecular flexibility index (Phi) is 6.13. The van der Waals surface area contributed by atoms with Gasteiger partial charge in [0.05, 0.1) is 13.1 Å². The van der Waals surface area contributed by atoms with Crippen LogP contribution in [0.15, 0.2) is 53.3 Å². The first-order valence-electron chi connectivity index (χ1n) is 9.43. The van der Waals surface area contributed by atoms with Crippen LogP contribution in [0.25, 0.3) is 11.4 Å². The maximum Gasteiger partial charge on any atom is 0.343 e. The van der Waals surface area contributed by atoms with Crippen molar-refractivity contribution in [3.8, 4) is 23.7 Å². The summed E-state index contributed by atoms with van der Waals surface area (Å²) < 4.78 is 1.68. The van der Waals surface area contributed by atoms with Crippen LogP contribution in [0.2, 0.25) is 0 Å². The summed E-state index contributed by atoms with van der Waals surface area (Å²) in [6.07, 6.45) is 5.35. The van der Waals surface area contributed by atoms with Gasteiger partial charge in [-0.3, -0.25) is 9.47 Å². The highest BCUT2D eigenvalue weighted by Gasteiger charge is 2.12. The van der Waals surface area contributed by atoms with Crippen molar-refractivity contribution < 1.29 is 0 Å². The van der Waals surface area contributed by atoms with E-state index in [0.29, 0.717) is 24.8 Å². The molecule has 0 atom stereocenters. The quantitative estimate of drug-likeness (QED) is 0.644. The number of nitrogens with zero attached hydrogens (tertiary/aromatic N) is 3. The molecule has 3 rings (SSSR count). The molecule has 1 heterocycles. The van der Waals surface area contributed by atoms with Gasteiger partial charge in [-0.05, 0) is 35.7 Å². The predicted octanol–water partition coefficient (Wildman–Crippen LogP) is 3.48. The van der Waals surface area contributed by atoms with Crippen molar-refractivity contribution in [2.24, 2.45) is 0 Å². The third-order valence-electron chi connectivity index (χ3n) is 4.75. The summed E-state index contributed by atoms with van der Waals surface area (Å²) in [7, 11) is 2.00. The van der Waals surface area contributed by atoms with Crippen molar-refractivity contribution in [2.45, 2.75) is 32.9 Å². The van der Waals surface area contributed by atoms with Gasteiger partial charge in [-0.25, -0.2) is 9.89 Å². The van der Waals surface area contributed by atoms with Crippen molar-refractivity contribution in [1.29, 1.82) is 0 Å². The van der Waals surface area contributed by atoms with Gasteiger partial charge < -0.3 is 0 Å². The summed E-state index contributed by atoms with van der Waals surface area (Å²) in [6, 6.07) is 16.4. The third kappa shape index (κ3) is 4.59. The smallest absolute Gasteiger partial charge is 0.291 e. The van der Waals surface area contributed by atoms with E-state index in [1.807, 2.05) is 31.3 Å². The molecule has 0 fully saturated rings. The van der Waals surface area contributed by atoms with Crippen LogP contribution in [0.3, 0.4) is 0 Å². The number of aromatic amines is 1. The first-order chi connectivity index (χ1) is 13.5. The molecule has 0 aliphatic heterocycles. The van der Waals surface area contributed by atoms with E-state index in [-0.39, 0.29) is 5.69 Å². The zero-order chi connectivity index (χ0) is 20.1. The second kappa shape index (κ2) is 8.73. The van der Waals surface area contributed by atoms with Crippen molar-refractivity contribution in [2.75, 3.05) is 13.6 Å². The minimum Gasteiger partial charge on any atom is -0.291 e. The summed E-state index contributed by atoms with van der Waals surface area (Å²) >= 11 is 0. The molecule has 0 amide bonds. The highest BCUT2D eigenvalue weighted by atomic mass is 16.1. The summed E-state index contributed by atoms with van der Waals surface area (Å²) in [6.45, 7) is 6.18. The molecule has 5 nitrogen and oxygen atoms in total. The summed E-state index contributed by atoms with van der Waals surface area (Å²) in [5.41, 5.74) is 4.19. The maximum atomic E-state index is 12.3. The number of aromatic nitrogens is 3. The first kappa shape index (κ1) is 19.7. The molecule has 28 heavy (non-hydrogen) atoms. The Balaban J connectivity index is 1.82. The van der Waals surface area contributed by atoms with Crippen molar-refractivity contribution >= 4 is 0 Å². The van der Waals surface area contributed by atoms with E-state index in [9.17, 15) is 4.79 Å². The lowest BCUT2D eigenvalue weighted by Gasteiger charge is -2.13. The number of rotatable bonds is 7. The van der Waals surface area contributed by atoms with E-state index in [2.05, 4.69) is 59.1 Å². The molecule has 0 unspecified atom stereocenters. The van der Waals surface area contributed by atoms with Gasteiger partial charge in [0.25, 0.3) is 0 Å². The van der Waals surface area contributed by atoms with E-state index in [1.54, 1.807) is 4.57 Å². The van der Waals surface area contributed by atoms with Crippen LogP contribution in [0, 0.1) is 12.3 Å². The highest BCUT2D eigenvalue weighted by Crippen LogP contribution is 2.22. The van der Waals surface area contributed by atoms with Crippen molar-refractivity contribution in [1.82, 2.24) is 19.7 Å². The van der Waals surface area contributed by atoms with Gasteiger partial charge in [0.15, 0.2) is 5.82 Å². The molecule has 0 saturated heterocycles. The fraction of sp³-hybridized carbons (Fsp3) is 0.304. The minimum atomic E-state index is -0.206. The largest absolute Gasteiger partial charge is 0.343 e. The van der Waals surface area contributed by atoms with E-state index >= 15 is 0 Å².